The molecule has 0 saturated heterocycles. The molecular formula is C22H22N4. The molecule has 3 aromatic rings. The van der Waals surface area contributed by atoms with E-state index in [0.29, 0.717) is 0 Å². The van der Waals surface area contributed by atoms with Gasteiger partial charge in [0.25, 0.3) is 0 Å². The third-order valence-corrected chi connectivity index (χ3v) is 4.39. The molecule has 0 amide bonds. The molecule has 26 heavy (non-hydrogen) atoms. The third kappa shape index (κ3) is 4.48. The van der Waals surface area contributed by atoms with Crippen LogP contribution in [0.1, 0.15) is 22.3 Å². The largest absolute Gasteiger partial charge is 0.151 e. The molecule has 0 aliphatic heterocycles. The van der Waals surface area contributed by atoms with E-state index in [-0.39, 0.29) is 0 Å². The molecule has 4 nitrogen and oxygen atoms in total. The van der Waals surface area contributed by atoms with E-state index in [4.69, 9.17) is 0 Å². The molecule has 0 saturated carbocycles. The fraction of sp³-hybridized carbons (Fsp3) is 0.182. The van der Waals surface area contributed by atoms with Gasteiger partial charge in [-0.15, -0.1) is 0 Å². The summed E-state index contributed by atoms with van der Waals surface area (Å²) in [6.07, 6.45) is 0. The Balaban J connectivity index is 1.69. The van der Waals surface area contributed by atoms with E-state index in [2.05, 4.69) is 60.3 Å². The fourth-order valence-corrected chi connectivity index (χ4v) is 2.39. The molecule has 0 heterocycles. The van der Waals surface area contributed by atoms with E-state index in [9.17, 15) is 0 Å². The van der Waals surface area contributed by atoms with Crippen LogP contribution in [0.4, 0.5) is 22.7 Å². The number of hydrogen-bond acceptors (Lipinski definition) is 4. The Morgan fingerprint density at radius 3 is 1.04 bits per heavy atom. The monoisotopic (exact) mass is 342 g/mol. The predicted molar refractivity (Wildman–Crippen MR) is 107 cm³/mol. The molecule has 0 spiro atoms. The molecule has 0 aliphatic rings. The summed E-state index contributed by atoms with van der Waals surface area (Å²) in [7, 11) is 0. The van der Waals surface area contributed by atoms with Crippen molar-refractivity contribution in [3.63, 3.8) is 0 Å². The lowest BCUT2D eigenvalue weighted by atomic mass is 10.1. The molecule has 0 fully saturated rings. The van der Waals surface area contributed by atoms with E-state index in [1.807, 2.05) is 48.5 Å². The van der Waals surface area contributed by atoms with Gasteiger partial charge in [-0.1, -0.05) is 12.1 Å². The van der Waals surface area contributed by atoms with Gasteiger partial charge in [0.15, 0.2) is 0 Å². The smallest absolute Gasteiger partial charge is 0.0859 e. The second kappa shape index (κ2) is 7.83. The molecule has 0 aromatic heterocycles. The van der Waals surface area contributed by atoms with Crippen LogP contribution in [0.25, 0.3) is 0 Å². The fourth-order valence-electron chi connectivity index (χ4n) is 2.39. The molecule has 0 aliphatic carbocycles. The zero-order valence-corrected chi connectivity index (χ0v) is 15.6. The Kier molecular flexibility index (Phi) is 5.32. The minimum absolute atomic E-state index is 0.786. The number of rotatable bonds is 4. The van der Waals surface area contributed by atoms with Crippen molar-refractivity contribution in [3.05, 3.63) is 82.9 Å². The van der Waals surface area contributed by atoms with Crippen molar-refractivity contribution in [1.29, 1.82) is 0 Å². The SMILES string of the molecule is Cc1ccc(N=Nc2ccc(N=Nc3ccc(C)c(C)c3)cc2)cc1C. The Morgan fingerprint density at radius 2 is 0.692 bits per heavy atom. The van der Waals surface area contributed by atoms with Crippen LogP contribution >= 0.6 is 0 Å². The lowest BCUT2D eigenvalue weighted by Crippen LogP contribution is -1.77. The lowest BCUT2D eigenvalue weighted by molar-refractivity contribution is 1.20. The van der Waals surface area contributed by atoms with E-state index >= 15 is 0 Å². The molecule has 130 valence electrons. The molecule has 0 unspecified atom stereocenters. The van der Waals surface area contributed by atoms with Gasteiger partial charge in [-0.05, 0) is 98.5 Å². The molecule has 3 rings (SSSR count). The number of azo groups is 2. The first-order chi connectivity index (χ1) is 12.5. The Morgan fingerprint density at radius 1 is 0.385 bits per heavy atom. The van der Waals surface area contributed by atoms with Crippen LogP contribution in [0.3, 0.4) is 0 Å². The summed E-state index contributed by atoms with van der Waals surface area (Å²) in [6.45, 7) is 8.32. The molecule has 0 atom stereocenters. The van der Waals surface area contributed by atoms with Crippen LogP contribution in [0.15, 0.2) is 81.1 Å². The summed E-state index contributed by atoms with van der Waals surface area (Å²) in [4.78, 5) is 0. The minimum atomic E-state index is 0.786. The third-order valence-electron chi connectivity index (χ3n) is 4.39. The van der Waals surface area contributed by atoms with Crippen molar-refractivity contribution >= 4 is 22.7 Å². The van der Waals surface area contributed by atoms with E-state index in [1.54, 1.807) is 0 Å². The maximum absolute atomic E-state index is 4.29. The second-order valence-corrected chi connectivity index (χ2v) is 6.45. The van der Waals surface area contributed by atoms with Crippen molar-refractivity contribution in [1.82, 2.24) is 0 Å². The second-order valence-electron chi connectivity index (χ2n) is 6.45. The summed E-state index contributed by atoms with van der Waals surface area (Å²) < 4.78 is 0. The number of benzene rings is 3. The van der Waals surface area contributed by atoms with Gasteiger partial charge in [-0.2, -0.15) is 20.5 Å². The highest BCUT2D eigenvalue weighted by atomic mass is 15.1. The van der Waals surface area contributed by atoms with Gasteiger partial charge in [-0.25, -0.2) is 0 Å². The number of aryl methyl sites for hydroxylation is 4. The standard InChI is InChI=1S/C22H22N4/c1-15-5-7-21(13-17(15)3)25-23-19-9-11-20(12-10-19)24-26-22-8-6-16(2)18(4)14-22/h5-14H,1-4H3. The molecule has 0 N–H and O–H groups in total. The zero-order valence-electron chi connectivity index (χ0n) is 15.6. The van der Waals surface area contributed by atoms with Gasteiger partial charge < -0.3 is 0 Å². The van der Waals surface area contributed by atoms with Gasteiger partial charge in [-0.3, -0.25) is 0 Å². The van der Waals surface area contributed by atoms with Crippen molar-refractivity contribution in [2.75, 3.05) is 0 Å². The summed E-state index contributed by atoms with van der Waals surface area (Å²) in [6, 6.07) is 19.7. The lowest BCUT2D eigenvalue weighted by Gasteiger charge is -2.00. The maximum Gasteiger partial charge on any atom is 0.0859 e. The topological polar surface area (TPSA) is 49.4 Å². The quantitative estimate of drug-likeness (QED) is 0.435. The highest BCUT2D eigenvalue weighted by Crippen LogP contribution is 2.25. The van der Waals surface area contributed by atoms with Gasteiger partial charge in [0, 0.05) is 0 Å². The van der Waals surface area contributed by atoms with Crippen molar-refractivity contribution in [2.24, 2.45) is 20.5 Å². The van der Waals surface area contributed by atoms with Gasteiger partial charge in [0.2, 0.25) is 0 Å². The maximum atomic E-state index is 4.29. The highest BCUT2D eigenvalue weighted by Gasteiger charge is 1.97. The molecule has 4 heteroatoms. The highest BCUT2D eigenvalue weighted by molar-refractivity contribution is 5.49. The first-order valence-electron chi connectivity index (χ1n) is 8.59. The van der Waals surface area contributed by atoms with Crippen molar-refractivity contribution in [3.8, 4) is 0 Å². The van der Waals surface area contributed by atoms with E-state index < -0.39 is 0 Å². The van der Waals surface area contributed by atoms with Crippen molar-refractivity contribution in [2.45, 2.75) is 27.7 Å². The average Bonchev–Trinajstić information content (AvgIpc) is 2.64. The van der Waals surface area contributed by atoms with Crippen LogP contribution in [-0.2, 0) is 0 Å². The van der Waals surface area contributed by atoms with Crippen LogP contribution in [-0.4, -0.2) is 0 Å². The van der Waals surface area contributed by atoms with Crippen LogP contribution in [0.5, 0.6) is 0 Å². The molecular weight excluding hydrogens is 320 g/mol. The first-order valence-corrected chi connectivity index (χ1v) is 8.59. The van der Waals surface area contributed by atoms with Gasteiger partial charge >= 0.3 is 0 Å². The summed E-state index contributed by atoms with van der Waals surface area (Å²) >= 11 is 0. The predicted octanol–water partition coefficient (Wildman–Crippen LogP) is 7.75. The van der Waals surface area contributed by atoms with Crippen LogP contribution < -0.4 is 0 Å². The average molecular weight is 342 g/mol. The zero-order chi connectivity index (χ0) is 18.5. The summed E-state index contributed by atoms with van der Waals surface area (Å²) in [5.41, 5.74) is 8.21. The van der Waals surface area contributed by atoms with Gasteiger partial charge in [0.1, 0.15) is 0 Å². The molecule has 0 radical (unpaired) electrons. The minimum Gasteiger partial charge on any atom is -0.151 e. The molecule has 3 aromatic carbocycles. The van der Waals surface area contributed by atoms with Gasteiger partial charge in [0.05, 0.1) is 22.7 Å². The summed E-state index contributed by atoms with van der Waals surface area (Å²) in [5.74, 6) is 0. The van der Waals surface area contributed by atoms with Crippen molar-refractivity contribution < 1.29 is 0 Å². The normalized spacial score (nSPS) is 11.5. The number of hydrogen-bond donors (Lipinski definition) is 0. The van der Waals surface area contributed by atoms with Crippen LogP contribution in [0.2, 0.25) is 0 Å². The van der Waals surface area contributed by atoms with Crippen LogP contribution in [0, 0.1) is 27.7 Å². The molecule has 0 bridgehead atoms. The first kappa shape index (κ1) is 17.7. The van der Waals surface area contributed by atoms with E-state index in [0.717, 1.165) is 22.7 Å². The van der Waals surface area contributed by atoms with E-state index in [1.165, 1.54) is 22.3 Å². The Bertz CT molecular complexity index is 889. The number of nitrogens with zero attached hydrogens (tertiary/aromatic N) is 4. The Hall–Kier alpha value is -3.14. The Labute approximate surface area is 154 Å². The summed E-state index contributed by atoms with van der Waals surface area (Å²) in [5, 5.41) is 17.1.